The van der Waals surface area contributed by atoms with Gasteiger partial charge in [0.05, 0.1) is 12.2 Å². The normalized spacial score (nSPS) is 11.1. The van der Waals surface area contributed by atoms with Gasteiger partial charge in [-0.1, -0.05) is 11.6 Å². The zero-order valence-electron chi connectivity index (χ0n) is 13.0. The average molecular weight is 368 g/mol. The third-order valence-corrected chi connectivity index (χ3v) is 2.68. The zero-order chi connectivity index (χ0) is 18.3. The summed E-state index contributed by atoms with van der Waals surface area (Å²) in [6, 6.07) is 3.10. The van der Waals surface area contributed by atoms with Crippen molar-refractivity contribution in [3.05, 3.63) is 23.2 Å². The topological polar surface area (TPSA) is 79.5 Å². The number of benzene rings is 1. The number of imide groups is 1. The lowest BCUT2D eigenvalue weighted by molar-refractivity contribution is -0.153. The van der Waals surface area contributed by atoms with Gasteiger partial charge in [0, 0.05) is 11.1 Å². The van der Waals surface area contributed by atoms with Gasteiger partial charge in [0.1, 0.15) is 5.75 Å². The van der Waals surface area contributed by atoms with Crippen molar-refractivity contribution in [3.63, 3.8) is 0 Å². The van der Waals surface area contributed by atoms with Gasteiger partial charge in [-0.3, -0.25) is 10.1 Å². The highest BCUT2D eigenvalue weighted by atomic mass is 35.5. The Hall–Kier alpha value is -2.16. The number of hydrogen-bond donors (Lipinski definition) is 3. The molecule has 0 saturated carbocycles. The van der Waals surface area contributed by atoms with Crippen LogP contribution in [-0.2, 0) is 4.79 Å². The van der Waals surface area contributed by atoms with E-state index in [9.17, 15) is 22.8 Å². The summed E-state index contributed by atoms with van der Waals surface area (Å²) >= 11 is 5.78. The number of amides is 3. The molecule has 134 valence electrons. The first kappa shape index (κ1) is 19.9. The van der Waals surface area contributed by atoms with E-state index in [2.05, 4.69) is 20.7 Å². The highest BCUT2D eigenvalue weighted by molar-refractivity contribution is 6.30. The van der Waals surface area contributed by atoms with Crippen LogP contribution in [0, 0.1) is 0 Å². The minimum atomic E-state index is -4.50. The second kappa shape index (κ2) is 8.62. The molecular weight excluding hydrogens is 351 g/mol. The summed E-state index contributed by atoms with van der Waals surface area (Å²) in [7, 11) is 0. The molecule has 0 aromatic heterocycles. The molecular formula is C14H17ClF3N3O3. The molecule has 0 bridgehead atoms. The smallest absolute Gasteiger partial charge is 0.422 e. The molecule has 0 spiro atoms. The molecule has 1 aromatic carbocycles. The number of alkyl halides is 3. The SMILES string of the molecule is CC(C)NC(=O)NC(=O)CNc1cc(Cl)ccc1OCC(F)(F)F. The van der Waals surface area contributed by atoms with Gasteiger partial charge in [-0.15, -0.1) is 0 Å². The van der Waals surface area contributed by atoms with E-state index in [0.29, 0.717) is 0 Å². The lowest BCUT2D eigenvalue weighted by Crippen LogP contribution is -2.44. The molecule has 0 atom stereocenters. The Morgan fingerprint density at radius 1 is 1.29 bits per heavy atom. The molecule has 0 heterocycles. The fraction of sp³-hybridized carbons (Fsp3) is 0.429. The summed E-state index contributed by atoms with van der Waals surface area (Å²) in [4.78, 5) is 23.0. The van der Waals surface area contributed by atoms with Crippen LogP contribution in [0.3, 0.4) is 0 Å². The summed E-state index contributed by atoms with van der Waals surface area (Å²) in [6.07, 6.45) is -4.50. The van der Waals surface area contributed by atoms with E-state index in [4.69, 9.17) is 11.6 Å². The van der Waals surface area contributed by atoms with Crippen LogP contribution in [0.4, 0.5) is 23.7 Å². The number of ether oxygens (including phenoxy) is 1. The molecule has 6 nitrogen and oxygen atoms in total. The quantitative estimate of drug-likeness (QED) is 0.722. The van der Waals surface area contributed by atoms with Crippen LogP contribution in [0.15, 0.2) is 18.2 Å². The molecule has 0 fully saturated rings. The summed E-state index contributed by atoms with van der Waals surface area (Å²) in [5, 5.41) is 7.35. The minimum absolute atomic E-state index is 0.103. The monoisotopic (exact) mass is 367 g/mol. The molecule has 1 rings (SSSR count). The van der Waals surface area contributed by atoms with Gasteiger partial charge in [0.15, 0.2) is 6.61 Å². The van der Waals surface area contributed by atoms with Crippen LogP contribution in [0.25, 0.3) is 0 Å². The molecule has 3 amide bonds. The maximum Gasteiger partial charge on any atom is 0.422 e. The van der Waals surface area contributed by atoms with E-state index in [1.54, 1.807) is 13.8 Å². The van der Waals surface area contributed by atoms with Crippen LogP contribution in [-0.4, -0.2) is 37.3 Å². The standard InChI is InChI=1S/C14H17ClF3N3O3/c1-8(2)20-13(23)21-12(22)6-19-10-5-9(15)3-4-11(10)24-7-14(16,17)18/h3-5,8,19H,6-7H2,1-2H3,(H2,20,21,22,23). The third kappa shape index (κ3) is 7.91. The molecule has 1 aromatic rings. The van der Waals surface area contributed by atoms with Crippen molar-refractivity contribution in [3.8, 4) is 5.75 Å². The summed E-state index contributed by atoms with van der Waals surface area (Å²) in [5.74, 6) is -0.786. The first-order valence-corrected chi connectivity index (χ1v) is 7.28. The van der Waals surface area contributed by atoms with Gasteiger partial charge in [0.25, 0.3) is 0 Å². The highest BCUT2D eigenvalue weighted by Gasteiger charge is 2.28. The number of nitrogens with one attached hydrogen (secondary N) is 3. The fourth-order valence-electron chi connectivity index (χ4n) is 1.57. The van der Waals surface area contributed by atoms with Crippen molar-refractivity contribution >= 4 is 29.2 Å². The van der Waals surface area contributed by atoms with Gasteiger partial charge < -0.3 is 15.4 Å². The van der Waals surface area contributed by atoms with Crippen LogP contribution < -0.4 is 20.7 Å². The van der Waals surface area contributed by atoms with Crippen molar-refractivity contribution in [2.45, 2.75) is 26.1 Å². The van der Waals surface area contributed by atoms with Crippen molar-refractivity contribution in [2.75, 3.05) is 18.5 Å². The summed E-state index contributed by atoms with van der Waals surface area (Å²) in [6.45, 7) is 1.61. The van der Waals surface area contributed by atoms with Gasteiger partial charge in [0.2, 0.25) is 5.91 Å². The van der Waals surface area contributed by atoms with Gasteiger partial charge in [-0.05, 0) is 32.0 Å². The number of carbonyl (C=O) groups is 2. The fourth-order valence-corrected chi connectivity index (χ4v) is 1.74. The number of hydrogen-bond acceptors (Lipinski definition) is 4. The van der Waals surface area contributed by atoms with Gasteiger partial charge in [-0.2, -0.15) is 13.2 Å². The second-order valence-electron chi connectivity index (χ2n) is 5.07. The molecule has 0 saturated heterocycles. The minimum Gasteiger partial charge on any atom is -0.482 e. The van der Waals surface area contributed by atoms with Crippen LogP contribution in [0.5, 0.6) is 5.75 Å². The van der Waals surface area contributed by atoms with E-state index < -0.39 is 24.7 Å². The maximum absolute atomic E-state index is 12.2. The van der Waals surface area contributed by atoms with Crippen LogP contribution in [0.1, 0.15) is 13.8 Å². The first-order chi connectivity index (χ1) is 11.1. The molecule has 10 heteroatoms. The number of urea groups is 1. The molecule has 0 aliphatic carbocycles. The van der Waals surface area contributed by atoms with Crippen LogP contribution >= 0.6 is 11.6 Å². The average Bonchev–Trinajstić information content (AvgIpc) is 2.42. The highest BCUT2D eigenvalue weighted by Crippen LogP contribution is 2.29. The number of anilines is 1. The first-order valence-electron chi connectivity index (χ1n) is 6.90. The Morgan fingerprint density at radius 3 is 2.54 bits per heavy atom. The van der Waals surface area contributed by atoms with E-state index in [1.807, 2.05) is 0 Å². The predicted octanol–water partition coefficient (Wildman–Crippen LogP) is 2.93. The van der Waals surface area contributed by atoms with Crippen molar-refractivity contribution in [1.29, 1.82) is 0 Å². The molecule has 3 N–H and O–H groups in total. The molecule has 0 aliphatic heterocycles. The zero-order valence-corrected chi connectivity index (χ0v) is 13.7. The van der Waals surface area contributed by atoms with E-state index in [0.717, 1.165) is 0 Å². The van der Waals surface area contributed by atoms with Crippen molar-refractivity contribution < 1.29 is 27.5 Å². The Morgan fingerprint density at radius 2 is 1.96 bits per heavy atom. The maximum atomic E-state index is 12.2. The van der Waals surface area contributed by atoms with Gasteiger partial charge in [-0.25, -0.2) is 4.79 Å². The Balaban J connectivity index is 2.64. The summed E-state index contributed by atoms with van der Waals surface area (Å²) < 4.78 is 41.4. The van der Waals surface area contributed by atoms with E-state index in [1.165, 1.54) is 18.2 Å². The number of rotatable bonds is 6. The van der Waals surface area contributed by atoms with Crippen molar-refractivity contribution in [1.82, 2.24) is 10.6 Å². The van der Waals surface area contributed by atoms with E-state index in [-0.39, 0.29) is 29.0 Å². The van der Waals surface area contributed by atoms with Crippen LogP contribution in [0.2, 0.25) is 5.02 Å². The molecule has 0 aliphatic rings. The molecule has 0 unspecified atom stereocenters. The Kier molecular flexibility index (Phi) is 7.15. The van der Waals surface area contributed by atoms with E-state index >= 15 is 0 Å². The third-order valence-electron chi connectivity index (χ3n) is 2.45. The summed E-state index contributed by atoms with van der Waals surface area (Å²) in [5.41, 5.74) is 0.103. The molecule has 24 heavy (non-hydrogen) atoms. The van der Waals surface area contributed by atoms with Crippen molar-refractivity contribution in [2.24, 2.45) is 0 Å². The van der Waals surface area contributed by atoms with Gasteiger partial charge >= 0.3 is 12.2 Å². The predicted molar refractivity (Wildman–Crippen MR) is 83.3 cm³/mol. The Labute approximate surface area is 141 Å². The lowest BCUT2D eigenvalue weighted by Gasteiger charge is -2.15. The second-order valence-corrected chi connectivity index (χ2v) is 5.51. The number of halogens is 4. The number of carbonyl (C=O) groups excluding carboxylic acids is 2. The molecule has 0 radical (unpaired) electrons. The lowest BCUT2D eigenvalue weighted by atomic mass is 10.3. The largest absolute Gasteiger partial charge is 0.482 e. The Bertz CT molecular complexity index is 594.